The third-order valence-electron chi connectivity index (χ3n) is 2.86. The highest BCUT2D eigenvalue weighted by atomic mass is 14.9. The van der Waals surface area contributed by atoms with Crippen LogP contribution in [-0.4, -0.2) is 25.2 Å². The van der Waals surface area contributed by atoms with E-state index in [-0.39, 0.29) is 5.54 Å². The topological polar surface area (TPSA) is 24.1 Å². The molecule has 0 aliphatic carbocycles. The zero-order chi connectivity index (χ0) is 13.4. The van der Waals surface area contributed by atoms with Crippen molar-refractivity contribution in [3.05, 3.63) is 35.4 Å². The van der Waals surface area contributed by atoms with E-state index in [1.54, 1.807) is 0 Å². The van der Waals surface area contributed by atoms with E-state index < -0.39 is 0 Å². The normalized spacial score (nSPS) is 11.8. The van der Waals surface area contributed by atoms with Crippen molar-refractivity contribution in [2.45, 2.75) is 46.1 Å². The van der Waals surface area contributed by atoms with Crippen LogP contribution in [0.2, 0.25) is 0 Å². The Hall–Kier alpha value is -0.860. The molecule has 0 aliphatic heterocycles. The molecule has 0 aromatic heterocycles. The summed E-state index contributed by atoms with van der Waals surface area (Å²) in [6, 6.07) is 8.76. The van der Waals surface area contributed by atoms with Gasteiger partial charge in [-0.3, -0.25) is 0 Å². The Kier molecular flexibility index (Phi) is 6.37. The molecule has 1 aromatic rings. The molecule has 0 amide bonds. The third kappa shape index (κ3) is 7.46. The molecule has 0 spiro atoms. The van der Waals surface area contributed by atoms with E-state index >= 15 is 0 Å². The van der Waals surface area contributed by atoms with Crippen molar-refractivity contribution in [3.63, 3.8) is 0 Å². The summed E-state index contributed by atoms with van der Waals surface area (Å²) in [5.74, 6) is 0. The number of benzene rings is 1. The number of nitrogens with one attached hydrogen (secondary N) is 2. The van der Waals surface area contributed by atoms with E-state index in [2.05, 4.69) is 62.6 Å². The molecule has 1 rings (SSSR count). The van der Waals surface area contributed by atoms with Crippen LogP contribution < -0.4 is 10.6 Å². The zero-order valence-electron chi connectivity index (χ0n) is 12.3. The summed E-state index contributed by atoms with van der Waals surface area (Å²) in [5.41, 5.74) is 3.01. The lowest BCUT2D eigenvalue weighted by atomic mass is 10.1. The fourth-order valence-electron chi connectivity index (χ4n) is 1.90. The summed E-state index contributed by atoms with van der Waals surface area (Å²) in [7, 11) is 0. The first-order valence-electron chi connectivity index (χ1n) is 6.99. The Balaban J connectivity index is 2.02. The van der Waals surface area contributed by atoms with Crippen LogP contribution in [0.3, 0.4) is 0 Å². The smallest absolute Gasteiger partial charge is 0.00965 e. The Labute approximate surface area is 112 Å². The highest BCUT2D eigenvalue weighted by Crippen LogP contribution is 2.03. The van der Waals surface area contributed by atoms with Gasteiger partial charge in [0.25, 0.3) is 0 Å². The van der Waals surface area contributed by atoms with Gasteiger partial charge < -0.3 is 10.6 Å². The summed E-state index contributed by atoms with van der Waals surface area (Å²) >= 11 is 0. The van der Waals surface area contributed by atoms with Crippen LogP contribution in [0.25, 0.3) is 0 Å². The Morgan fingerprint density at radius 2 is 1.83 bits per heavy atom. The van der Waals surface area contributed by atoms with Gasteiger partial charge in [0, 0.05) is 5.54 Å². The van der Waals surface area contributed by atoms with Gasteiger partial charge in [0.2, 0.25) is 0 Å². The Morgan fingerprint density at radius 1 is 1.06 bits per heavy atom. The van der Waals surface area contributed by atoms with E-state index in [1.165, 1.54) is 17.5 Å². The number of rotatable bonds is 7. The lowest BCUT2D eigenvalue weighted by molar-refractivity contribution is 0.419. The molecule has 0 saturated heterocycles. The summed E-state index contributed by atoms with van der Waals surface area (Å²) in [6.45, 7) is 12.0. The van der Waals surface area contributed by atoms with Crippen molar-refractivity contribution in [2.75, 3.05) is 19.6 Å². The van der Waals surface area contributed by atoms with Gasteiger partial charge >= 0.3 is 0 Å². The van der Waals surface area contributed by atoms with Crippen LogP contribution in [0, 0.1) is 6.92 Å². The molecule has 0 radical (unpaired) electrons. The molecule has 0 unspecified atom stereocenters. The summed E-state index contributed by atoms with van der Waals surface area (Å²) in [4.78, 5) is 0. The maximum absolute atomic E-state index is 3.50. The van der Waals surface area contributed by atoms with E-state index in [1.807, 2.05) is 0 Å². The second-order valence-corrected chi connectivity index (χ2v) is 6.02. The average Bonchev–Trinajstić information content (AvgIpc) is 2.26. The molecule has 2 N–H and O–H groups in total. The minimum absolute atomic E-state index is 0.238. The fraction of sp³-hybridized carbons (Fsp3) is 0.625. The predicted octanol–water partition coefficient (Wildman–Crippen LogP) is 2.91. The molecular formula is C16H28N2. The van der Waals surface area contributed by atoms with Crippen LogP contribution in [0.1, 0.15) is 38.3 Å². The van der Waals surface area contributed by atoms with Crippen molar-refractivity contribution < 1.29 is 0 Å². The van der Waals surface area contributed by atoms with Gasteiger partial charge in [0.15, 0.2) is 0 Å². The molecule has 0 saturated carbocycles. The van der Waals surface area contributed by atoms with Crippen LogP contribution in [-0.2, 0) is 6.42 Å². The van der Waals surface area contributed by atoms with Crippen molar-refractivity contribution in [1.29, 1.82) is 0 Å². The van der Waals surface area contributed by atoms with Crippen molar-refractivity contribution >= 4 is 0 Å². The molecule has 2 nitrogen and oxygen atoms in total. The molecule has 2 heteroatoms. The van der Waals surface area contributed by atoms with E-state index in [9.17, 15) is 0 Å². The SMILES string of the molecule is Cc1cccc(CCNCCCNC(C)(C)C)c1. The van der Waals surface area contributed by atoms with E-state index in [0.717, 1.165) is 26.1 Å². The summed E-state index contributed by atoms with van der Waals surface area (Å²) in [5, 5.41) is 7.00. The van der Waals surface area contributed by atoms with Gasteiger partial charge in [0.1, 0.15) is 0 Å². The van der Waals surface area contributed by atoms with Crippen molar-refractivity contribution in [3.8, 4) is 0 Å². The van der Waals surface area contributed by atoms with Gasteiger partial charge in [-0.1, -0.05) is 29.8 Å². The van der Waals surface area contributed by atoms with E-state index in [0.29, 0.717) is 0 Å². The lowest BCUT2D eigenvalue weighted by Crippen LogP contribution is -2.37. The second-order valence-electron chi connectivity index (χ2n) is 6.02. The predicted molar refractivity (Wildman–Crippen MR) is 80.1 cm³/mol. The molecule has 0 atom stereocenters. The Bertz CT molecular complexity index is 339. The lowest BCUT2D eigenvalue weighted by Gasteiger charge is -2.20. The van der Waals surface area contributed by atoms with Crippen molar-refractivity contribution in [2.24, 2.45) is 0 Å². The molecule has 18 heavy (non-hydrogen) atoms. The number of hydrogen-bond acceptors (Lipinski definition) is 2. The van der Waals surface area contributed by atoms with E-state index in [4.69, 9.17) is 0 Å². The molecule has 1 aromatic carbocycles. The first kappa shape index (κ1) is 15.2. The Morgan fingerprint density at radius 3 is 2.50 bits per heavy atom. The fourth-order valence-corrected chi connectivity index (χ4v) is 1.90. The summed E-state index contributed by atoms with van der Waals surface area (Å²) in [6.07, 6.45) is 2.31. The minimum Gasteiger partial charge on any atom is -0.316 e. The summed E-state index contributed by atoms with van der Waals surface area (Å²) < 4.78 is 0. The third-order valence-corrected chi connectivity index (χ3v) is 2.86. The standard InChI is InChI=1S/C16H28N2/c1-14-7-5-8-15(13-14)9-12-17-10-6-11-18-16(2,3)4/h5,7-8,13,17-18H,6,9-12H2,1-4H3. The molecule has 0 aliphatic rings. The van der Waals surface area contributed by atoms with Gasteiger partial charge in [-0.15, -0.1) is 0 Å². The quantitative estimate of drug-likeness (QED) is 0.725. The minimum atomic E-state index is 0.238. The first-order valence-corrected chi connectivity index (χ1v) is 6.99. The molecule has 0 fully saturated rings. The highest BCUT2D eigenvalue weighted by Gasteiger charge is 2.06. The van der Waals surface area contributed by atoms with Gasteiger partial charge in [-0.2, -0.15) is 0 Å². The van der Waals surface area contributed by atoms with Crippen molar-refractivity contribution in [1.82, 2.24) is 10.6 Å². The largest absolute Gasteiger partial charge is 0.316 e. The monoisotopic (exact) mass is 248 g/mol. The van der Waals surface area contributed by atoms with Crippen LogP contribution in [0.4, 0.5) is 0 Å². The number of hydrogen-bond donors (Lipinski definition) is 2. The van der Waals surface area contributed by atoms with Crippen LogP contribution in [0.5, 0.6) is 0 Å². The molecule has 0 bridgehead atoms. The highest BCUT2D eigenvalue weighted by molar-refractivity contribution is 5.22. The maximum Gasteiger partial charge on any atom is 0.00965 e. The number of aryl methyl sites for hydroxylation is 1. The second kappa shape index (κ2) is 7.55. The first-order chi connectivity index (χ1) is 8.47. The molecular weight excluding hydrogens is 220 g/mol. The molecule has 102 valence electrons. The van der Waals surface area contributed by atoms with Gasteiger partial charge in [0.05, 0.1) is 0 Å². The van der Waals surface area contributed by atoms with Gasteiger partial charge in [-0.05, 0) is 65.7 Å². The van der Waals surface area contributed by atoms with Crippen LogP contribution >= 0.6 is 0 Å². The molecule has 0 heterocycles. The maximum atomic E-state index is 3.50. The average molecular weight is 248 g/mol. The zero-order valence-corrected chi connectivity index (χ0v) is 12.3. The van der Waals surface area contributed by atoms with Crippen LogP contribution in [0.15, 0.2) is 24.3 Å². The van der Waals surface area contributed by atoms with Gasteiger partial charge in [-0.25, -0.2) is 0 Å².